The summed E-state index contributed by atoms with van der Waals surface area (Å²) >= 11 is 0. The molecule has 11 atom stereocenters. The average Bonchev–Trinajstić information content (AvgIpc) is 3.72. The molecule has 7 aliphatic rings. The minimum Gasteiger partial charge on any atom is -0.414 e. The Bertz CT molecular complexity index is 2150. The summed E-state index contributed by atoms with van der Waals surface area (Å²) in [5, 5.41) is 56.5. The number of ether oxygens (including phenoxy) is 3. The molecule has 0 saturated carbocycles. The van der Waals surface area contributed by atoms with Gasteiger partial charge in [-0.15, -0.1) is 0 Å². The maximum Gasteiger partial charge on any atom is 0.335 e. The number of carbonyl (C=O) groups excluding carboxylic acids is 7. The lowest BCUT2D eigenvalue weighted by atomic mass is 9.94. The van der Waals surface area contributed by atoms with E-state index in [9.17, 15) is 62.8 Å². The van der Waals surface area contributed by atoms with Crippen molar-refractivity contribution >= 4 is 58.0 Å². The van der Waals surface area contributed by atoms with Crippen LogP contribution in [0.3, 0.4) is 0 Å². The van der Waals surface area contributed by atoms with Crippen LogP contribution in [0.5, 0.6) is 0 Å². The van der Waals surface area contributed by atoms with Crippen LogP contribution < -0.4 is 0 Å². The number of amides is 3. The summed E-state index contributed by atoms with van der Waals surface area (Å²) < 4.78 is 79.1. The molecule has 0 radical (unpaired) electrons. The van der Waals surface area contributed by atoms with Crippen molar-refractivity contribution in [1.29, 1.82) is 0 Å². The van der Waals surface area contributed by atoms with E-state index >= 15 is 4.39 Å². The zero-order valence-corrected chi connectivity index (χ0v) is 42.0. The van der Waals surface area contributed by atoms with Gasteiger partial charge in [-0.1, -0.05) is 55.4 Å². The first-order chi connectivity index (χ1) is 32.3. The Kier molecular flexibility index (Phi) is 17.0. The molecule has 0 aliphatic carbocycles. The van der Waals surface area contributed by atoms with Gasteiger partial charge in [0.2, 0.25) is 29.7 Å². The maximum absolute atomic E-state index is 16.5. The molecule has 70 heavy (non-hydrogen) atoms. The van der Waals surface area contributed by atoms with E-state index in [-0.39, 0.29) is 27.9 Å². The number of fused-ring (bicyclic) bond motifs is 1. The van der Waals surface area contributed by atoms with Crippen LogP contribution in [-0.4, -0.2) is 189 Å². The second-order valence-electron chi connectivity index (χ2n) is 19.3. The predicted molar refractivity (Wildman–Crippen MR) is 235 cm³/mol. The molecule has 7 rings (SSSR count). The van der Waals surface area contributed by atoms with E-state index in [1.165, 1.54) is 12.3 Å². The lowest BCUT2D eigenvalue weighted by Crippen LogP contribution is -2.67. The van der Waals surface area contributed by atoms with Crippen molar-refractivity contribution in [1.82, 2.24) is 14.7 Å². The standard InChI is InChI=1S/C22H36FNO7Si2.C11H14FNO6.C10H12FNO6/c1-13(2)32(14(3)4)28-12-22(23)20(30-33(31-32,15(5)6)16(7)8)19(27)21(29-22)24-10-9-17(25)11-18(24)26;1-10(18)8(17)11(12,5-14)19-9(10)13-3-2-6(15)4-7(13)16;11-10(4-13)8(17)7(16)9(18-10)12-2-1-5(14)3-6(12)15/h9-10,13-16,20-21H,11-12H2,1-8H3;2-3,8-9,14,17-18H,4-5H2,1H3;1-2,7-9,13,16-17H,3-4H2/t20?,21-,22-;8-,9+,10+,11+;7-,8+,9-,10-/m101/s1. The van der Waals surface area contributed by atoms with Crippen LogP contribution in [0, 0.1) is 0 Å². The van der Waals surface area contributed by atoms with Gasteiger partial charge >= 0.3 is 17.1 Å². The van der Waals surface area contributed by atoms with Crippen molar-refractivity contribution in [2.45, 2.75) is 170 Å². The van der Waals surface area contributed by atoms with Gasteiger partial charge < -0.3 is 57.8 Å². The van der Waals surface area contributed by atoms with Crippen molar-refractivity contribution < 1.29 is 105 Å². The number of hydrogen-bond acceptors (Lipinski definition) is 19. The summed E-state index contributed by atoms with van der Waals surface area (Å²) in [7, 11) is -6.27. The molecule has 0 aromatic rings. The highest BCUT2D eigenvalue weighted by Gasteiger charge is 2.68. The van der Waals surface area contributed by atoms with Crippen molar-refractivity contribution in [2.75, 3.05) is 19.8 Å². The van der Waals surface area contributed by atoms with Gasteiger partial charge in [0.05, 0.1) is 25.9 Å². The molecule has 7 heterocycles. The van der Waals surface area contributed by atoms with Gasteiger partial charge in [0.15, 0.2) is 35.9 Å². The number of ketones is 4. The summed E-state index contributed by atoms with van der Waals surface area (Å²) in [5.74, 6) is -12.2. The van der Waals surface area contributed by atoms with Gasteiger partial charge in [-0.3, -0.25) is 48.3 Å². The van der Waals surface area contributed by atoms with Gasteiger partial charge in [0.1, 0.15) is 37.1 Å². The number of rotatable bonds is 9. The Morgan fingerprint density at radius 1 is 0.657 bits per heavy atom. The topological polar surface area (TPSA) is 306 Å². The molecule has 1 unspecified atom stereocenters. The van der Waals surface area contributed by atoms with E-state index in [0.29, 0.717) is 0 Å². The van der Waals surface area contributed by atoms with Crippen LogP contribution >= 0.6 is 0 Å². The fraction of sp³-hybridized carbons (Fsp3) is 0.698. The number of allylic oxidation sites excluding steroid dienone is 3. The quantitative estimate of drug-likeness (QED) is 0.134. The lowest BCUT2D eigenvalue weighted by molar-refractivity contribution is -0.215. The highest BCUT2D eigenvalue weighted by atomic mass is 28.5. The Hall–Kier alpha value is -3.95. The van der Waals surface area contributed by atoms with Gasteiger partial charge in [-0.05, 0) is 47.3 Å². The molecule has 0 aromatic heterocycles. The third-order valence-electron chi connectivity index (χ3n) is 13.0. The largest absolute Gasteiger partial charge is 0.414 e. The molecule has 0 aromatic carbocycles. The summed E-state index contributed by atoms with van der Waals surface area (Å²) in [4.78, 5) is 85.3. The molecule has 7 aliphatic heterocycles. The minimum atomic E-state index is -3.24. The van der Waals surface area contributed by atoms with Gasteiger partial charge in [0, 0.05) is 18.6 Å². The van der Waals surface area contributed by atoms with Crippen LogP contribution in [0.25, 0.3) is 0 Å². The minimum absolute atomic E-state index is 0.00357. The summed E-state index contributed by atoms with van der Waals surface area (Å²) in [6, 6.07) is 0. The summed E-state index contributed by atoms with van der Waals surface area (Å²) in [6.07, 6.45) is -6.47. The fourth-order valence-corrected chi connectivity index (χ4v) is 20.1. The molecule has 0 bridgehead atoms. The molecule has 4 saturated heterocycles. The number of hydrogen-bond donors (Lipinski definition) is 6. The first-order valence-electron chi connectivity index (χ1n) is 22.5. The van der Waals surface area contributed by atoms with Crippen LogP contribution in [0.4, 0.5) is 13.2 Å². The first-order valence-corrected chi connectivity index (χ1v) is 26.5. The van der Waals surface area contributed by atoms with Crippen LogP contribution in [-0.2, 0) is 60.7 Å². The van der Waals surface area contributed by atoms with Crippen molar-refractivity contribution in [3.8, 4) is 0 Å². The Morgan fingerprint density at radius 2 is 1.10 bits per heavy atom. The monoisotopic (exact) mass is 1040 g/mol. The fourth-order valence-electron chi connectivity index (χ4n) is 8.99. The van der Waals surface area contributed by atoms with E-state index < -0.39 is 158 Å². The highest BCUT2D eigenvalue weighted by Crippen LogP contribution is 2.50. The van der Waals surface area contributed by atoms with Crippen molar-refractivity contribution in [2.24, 2.45) is 0 Å². The van der Waals surface area contributed by atoms with Crippen LogP contribution in [0.15, 0.2) is 36.8 Å². The van der Waals surface area contributed by atoms with Gasteiger partial charge in [-0.2, -0.15) is 0 Å². The molecule has 6 N–H and O–H groups in total. The van der Waals surface area contributed by atoms with Gasteiger partial charge in [0.25, 0.3) is 17.6 Å². The summed E-state index contributed by atoms with van der Waals surface area (Å²) in [5.41, 5.74) is -2.34. The van der Waals surface area contributed by atoms with Crippen LogP contribution in [0.2, 0.25) is 22.2 Å². The summed E-state index contributed by atoms with van der Waals surface area (Å²) in [6.45, 7) is 14.1. The van der Waals surface area contributed by atoms with Gasteiger partial charge in [-0.25, -0.2) is 13.2 Å². The second kappa shape index (κ2) is 20.9. The van der Waals surface area contributed by atoms with E-state index in [4.69, 9.17) is 37.4 Å². The zero-order chi connectivity index (χ0) is 52.9. The number of carbonyl (C=O) groups is 7. The predicted octanol–water partition coefficient (Wildman–Crippen LogP) is 0.315. The van der Waals surface area contributed by atoms with Crippen LogP contribution in [0.1, 0.15) is 81.6 Å². The van der Waals surface area contributed by atoms with E-state index in [1.807, 2.05) is 55.4 Å². The second-order valence-corrected chi connectivity index (χ2v) is 28.2. The normalized spacial score (nSPS) is 37.3. The number of aliphatic hydroxyl groups excluding tert-OH is 5. The van der Waals surface area contributed by atoms with Crippen molar-refractivity contribution in [3.63, 3.8) is 0 Å². The van der Waals surface area contributed by atoms with E-state index in [2.05, 4.69) is 0 Å². The molecule has 0 spiro atoms. The highest BCUT2D eigenvalue weighted by molar-refractivity contribution is 6.84. The van der Waals surface area contributed by atoms with E-state index in [1.54, 1.807) is 0 Å². The zero-order valence-electron chi connectivity index (χ0n) is 40.0. The Labute approximate surface area is 403 Å². The number of alkyl halides is 3. The Morgan fingerprint density at radius 3 is 1.50 bits per heavy atom. The average molecular weight is 1040 g/mol. The number of aliphatic hydroxyl groups is 6. The third-order valence-corrected chi connectivity index (χ3v) is 23.2. The van der Waals surface area contributed by atoms with E-state index in [0.717, 1.165) is 46.2 Å². The lowest BCUT2D eigenvalue weighted by Gasteiger charge is -2.51. The molecular formula is C43H62F3N3O19Si2. The van der Waals surface area contributed by atoms with Crippen molar-refractivity contribution in [3.05, 3.63) is 36.8 Å². The number of nitrogens with zero attached hydrogens (tertiary/aromatic N) is 3. The molecule has 27 heteroatoms. The molecule has 3 amide bonds. The molecule has 392 valence electrons. The number of halogens is 3. The molecular weight excluding hydrogens is 976 g/mol. The Balaban J connectivity index is 0.000000210. The SMILES string of the molecule is CC(C)[Si]1(C(C)C)OC[C@@]2(F)O[C@@H](N3C=CC(=O)CC3=O)C(=O)C2O[Si](C(C)C)(C(C)C)O1.C[C@]1(O)[C@H](N2C=CC(=O)CC2=O)O[C@](F)(CO)[C@H]1O.O=C1C=CN([C@@H]2O[C@](F)(CO)[C@@H](O)[C@H]2O)C(=O)C1. The maximum atomic E-state index is 16.5. The number of Topliss-reactive ketones (excluding diaryl/α,β-unsaturated/α-hetero) is 1. The molecule has 22 nitrogen and oxygen atoms in total. The molecule has 4 fully saturated rings. The third kappa shape index (κ3) is 10.5. The first kappa shape index (κ1) is 57.0. The smallest absolute Gasteiger partial charge is 0.335 e.